The second-order valence-electron chi connectivity index (χ2n) is 6.64. The summed E-state index contributed by atoms with van der Waals surface area (Å²) >= 11 is 6.21. The van der Waals surface area contributed by atoms with Gasteiger partial charge in [0.2, 0.25) is 0 Å². The molecule has 0 fully saturated rings. The van der Waals surface area contributed by atoms with Gasteiger partial charge in [0.15, 0.2) is 0 Å². The Morgan fingerprint density at radius 1 is 1.15 bits per heavy atom. The van der Waals surface area contributed by atoms with E-state index < -0.39 is 0 Å². The third-order valence-corrected chi connectivity index (χ3v) is 5.22. The average molecular weight is 386 g/mol. The molecule has 1 amide bonds. The van der Waals surface area contributed by atoms with Gasteiger partial charge >= 0.3 is 0 Å². The van der Waals surface area contributed by atoms with Gasteiger partial charge < -0.3 is 4.90 Å². The third kappa shape index (κ3) is 4.06. The lowest BCUT2D eigenvalue weighted by Gasteiger charge is -2.18. The molecule has 0 N–H and O–H groups in total. The monoisotopic (exact) mass is 385 g/mol. The molecule has 0 radical (unpaired) electrons. The molecule has 0 aliphatic rings. The van der Waals surface area contributed by atoms with Crippen molar-refractivity contribution < 1.29 is 4.79 Å². The number of carbonyl (C=O) groups excluding carboxylic acids is 1. The van der Waals surface area contributed by atoms with E-state index in [4.69, 9.17) is 11.6 Å². The summed E-state index contributed by atoms with van der Waals surface area (Å²) in [5.74, 6) is -0.0143. The number of hydrogen-bond donors (Lipinski definition) is 0. The normalized spacial score (nSPS) is 11.0. The SMILES string of the molecule is CCn1nccc1CN(C)C(=O)c1ccc(Cn2nc(C)c(Cl)c2C)cc1. The molecule has 3 aromatic rings. The van der Waals surface area contributed by atoms with Gasteiger partial charge in [-0.1, -0.05) is 23.7 Å². The summed E-state index contributed by atoms with van der Waals surface area (Å²) in [6.45, 7) is 7.82. The fourth-order valence-corrected chi connectivity index (χ4v) is 3.20. The van der Waals surface area contributed by atoms with E-state index in [9.17, 15) is 4.79 Å². The largest absolute Gasteiger partial charge is 0.336 e. The van der Waals surface area contributed by atoms with Crippen LogP contribution in [0.25, 0.3) is 0 Å². The molecule has 0 spiro atoms. The van der Waals surface area contributed by atoms with Crippen LogP contribution < -0.4 is 0 Å². The van der Waals surface area contributed by atoms with E-state index in [1.807, 2.05) is 60.5 Å². The van der Waals surface area contributed by atoms with Crippen molar-refractivity contribution in [1.29, 1.82) is 0 Å². The van der Waals surface area contributed by atoms with Crippen LogP contribution in [0.3, 0.4) is 0 Å². The standard InChI is InChI=1S/C20H24ClN5O/c1-5-25-18(10-11-22-25)13-24(4)20(27)17-8-6-16(7-9-17)12-26-15(3)19(21)14(2)23-26/h6-11H,5,12-13H2,1-4H3. The van der Waals surface area contributed by atoms with Gasteiger partial charge in [0.25, 0.3) is 5.91 Å². The first-order chi connectivity index (χ1) is 12.9. The van der Waals surface area contributed by atoms with Gasteiger partial charge in [-0.15, -0.1) is 0 Å². The number of aromatic nitrogens is 4. The summed E-state index contributed by atoms with van der Waals surface area (Å²) in [4.78, 5) is 14.4. The molecule has 7 heteroatoms. The Labute approximate surface area is 164 Å². The molecule has 0 aliphatic heterocycles. The average Bonchev–Trinajstić information content (AvgIpc) is 3.21. The van der Waals surface area contributed by atoms with Crippen LogP contribution in [0.5, 0.6) is 0 Å². The molecule has 0 aliphatic carbocycles. The first-order valence-corrected chi connectivity index (χ1v) is 9.33. The highest BCUT2D eigenvalue weighted by Gasteiger charge is 2.14. The number of nitrogens with zero attached hydrogens (tertiary/aromatic N) is 5. The van der Waals surface area contributed by atoms with E-state index >= 15 is 0 Å². The van der Waals surface area contributed by atoms with Gasteiger partial charge in [-0.2, -0.15) is 10.2 Å². The third-order valence-electron chi connectivity index (χ3n) is 4.68. The minimum absolute atomic E-state index is 0.0143. The van der Waals surface area contributed by atoms with Crippen LogP contribution in [0.2, 0.25) is 5.02 Å². The van der Waals surface area contributed by atoms with Gasteiger partial charge in [0.05, 0.1) is 35.2 Å². The predicted octanol–water partition coefficient (Wildman–Crippen LogP) is 3.69. The Bertz CT molecular complexity index is 942. The highest BCUT2D eigenvalue weighted by Crippen LogP contribution is 2.20. The summed E-state index contributed by atoms with van der Waals surface area (Å²) in [7, 11) is 1.81. The van der Waals surface area contributed by atoms with E-state index in [0.717, 1.165) is 29.2 Å². The van der Waals surface area contributed by atoms with Gasteiger partial charge in [-0.3, -0.25) is 14.2 Å². The van der Waals surface area contributed by atoms with Crippen molar-refractivity contribution in [3.8, 4) is 0 Å². The molecule has 6 nitrogen and oxygen atoms in total. The van der Waals surface area contributed by atoms with E-state index in [1.54, 1.807) is 18.1 Å². The zero-order chi connectivity index (χ0) is 19.6. The second kappa shape index (κ2) is 7.96. The molecule has 0 atom stereocenters. The Hall–Kier alpha value is -2.60. The predicted molar refractivity (Wildman–Crippen MR) is 106 cm³/mol. The van der Waals surface area contributed by atoms with Crippen molar-refractivity contribution in [2.45, 2.75) is 40.4 Å². The molecular weight excluding hydrogens is 362 g/mol. The molecule has 0 saturated carbocycles. The lowest BCUT2D eigenvalue weighted by Crippen LogP contribution is -2.27. The van der Waals surface area contributed by atoms with E-state index in [1.165, 1.54) is 0 Å². The Morgan fingerprint density at radius 2 is 1.85 bits per heavy atom. The zero-order valence-corrected chi connectivity index (χ0v) is 16.9. The summed E-state index contributed by atoms with van der Waals surface area (Å²) < 4.78 is 3.78. The second-order valence-corrected chi connectivity index (χ2v) is 7.02. The molecule has 0 saturated heterocycles. The number of rotatable bonds is 6. The minimum atomic E-state index is -0.0143. The number of amides is 1. The summed E-state index contributed by atoms with van der Waals surface area (Å²) in [6.07, 6.45) is 1.76. The van der Waals surface area contributed by atoms with Crippen molar-refractivity contribution in [2.24, 2.45) is 0 Å². The van der Waals surface area contributed by atoms with E-state index in [0.29, 0.717) is 23.7 Å². The number of benzene rings is 1. The van der Waals surface area contributed by atoms with Crippen LogP contribution in [0, 0.1) is 13.8 Å². The van der Waals surface area contributed by atoms with Crippen LogP contribution in [0.1, 0.15) is 39.9 Å². The van der Waals surface area contributed by atoms with Crippen molar-refractivity contribution >= 4 is 17.5 Å². The zero-order valence-electron chi connectivity index (χ0n) is 16.1. The quantitative estimate of drug-likeness (QED) is 0.650. The van der Waals surface area contributed by atoms with Crippen LogP contribution in [-0.4, -0.2) is 37.4 Å². The first-order valence-electron chi connectivity index (χ1n) is 8.95. The molecule has 0 bridgehead atoms. The van der Waals surface area contributed by atoms with Crippen molar-refractivity contribution in [3.63, 3.8) is 0 Å². The van der Waals surface area contributed by atoms with Gasteiger partial charge in [0.1, 0.15) is 0 Å². The number of hydrogen-bond acceptors (Lipinski definition) is 3. The maximum atomic E-state index is 12.7. The fraction of sp³-hybridized carbons (Fsp3) is 0.350. The maximum Gasteiger partial charge on any atom is 0.253 e. The fourth-order valence-electron chi connectivity index (χ4n) is 3.07. The topological polar surface area (TPSA) is 56.0 Å². The van der Waals surface area contributed by atoms with Gasteiger partial charge in [0, 0.05) is 25.4 Å². The molecule has 1 aromatic carbocycles. The highest BCUT2D eigenvalue weighted by atomic mass is 35.5. The number of aryl methyl sites for hydroxylation is 2. The molecule has 0 unspecified atom stereocenters. The van der Waals surface area contributed by atoms with E-state index in [2.05, 4.69) is 10.2 Å². The summed E-state index contributed by atoms with van der Waals surface area (Å²) in [5.41, 5.74) is 4.53. The lowest BCUT2D eigenvalue weighted by atomic mass is 10.1. The Kier molecular flexibility index (Phi) is 5.65. The van der Waals surface area contributed by atoms with Gasteiger partial charge in [-0.05, 0) is 44.5 Å². The van der Waals surface area contributed by atoms with Crippen molar-refractivity contribution in [3.05, 3.63) is 69.8 Å². The van der Waals surface area contributed by atoms with Crippen LogP contribution in [0.15, 0.2) is 36.5 Å². The summed E-state index contributed by atoms with van der Waals surface area (Å²) in [5, 5.41) is 9.40. The molecule has 2 aromatic heterocycles. The molecule has 142 valence electrons. The van der Waals surface area contributed by atoms with Gasteiger partial charge in [-0.25, -0.2) is 0 Å². The smallest absolute Gasteiger partial charge is 0.253 e. The van der Waals surface area contributed by atoms with Crippen molar-refractivity contribution in [1.82, 2.24) is 24.5 Å². The molecule has 27 heavy (non-hydrogen) atoms. The Morgan fingerprint density at radius 3 is 2.44 bits per heavy atom. The number of carbonyl (C=O) groups is 1. The highest BCUT2D eigenvalue weighted by molar-refractivity contribution is 6.31. The van der Waals surface area contributed by atoms with E-state index in [-0.39, 0.29) is 5.91 Å². The van der Waals surface area contributed by atoms with Crippen LogP contribution >= 0.6 is 11.6 Å². The minimum Gasteiger partial charge on any atom is -0.336 e. The van der Waals surface area contributed by atoms with Crippen molar-refractivity contribution in [2.75, 3.05) is 7.05 Å². The van der Waals surface area contributed by atoms with Crippen LogP contribution in [0.4, 0.5) is 0 Å². The number of halogens is 1. The first kappa shape index (κ1) is 19.2. The summed E-state index contributed by atoms with van der Waals surface area (Å²) in [6, 6.07) is 9.58. The maximum absolute atomic E-state index is 12.7. The van der Waals surface area contributed by atoms with Crippen LogP contribution in [-0.2, 0) is 19.6 Å². The molecular formula is C20H24ClN5O. The molecule has 2 heterocycles. The lowest BCUT2D eigenvalue weighted by molar-refractivity contribution is 0.0781. The molecule has 3 rings (SSSR count). The Balaban J connectivity index is 1.68.